The lowest BCUT2D eigenvalue weighted by Gasteiger charge is -2.37. The molecular formula is C19H26ClN3O2. The number of nitrogens with zero attached hydrogens (tertiary/aromatic N) is 2. The lowest BCUT2D eigenvalue weighted by atomic mass is 10.0. The van der Waals surface area contributed by atoms with Gasteiger partial charge in [0.25, 0.3) is 0 Å². The molecule has 0 aromatic heterocycles. The lowest BCUT2D eigenvalue weighted by molar-refractivity contribution is -0.131. The van der Waals surface area contributed by atoms with Gasteiger partial charge in [-0.3, -0.25) is 9.59 Å². The van der Waals surface area contributed by atoms with E-state index in [1.807, 2.05) is 29.2 Å². The first-order chi connectivity index (χ1) is 12.1. The normalized spacial score (nSPS) is 21.6. The molecule has 1 unspecified atom stereocenters. The van der Waals surface area contributed by atoms with E-state index in [9.17, 15) is 9.59 Å². The quantitative estimate of drug-likeness (QED) is 0.844. The number of carbonyl (C=O) groups is 2. The van der Waals surface area contributed by atoms with Crippen LogP contribution in [0.15, 0.2) is 24.3 Å². The summed E-state index contributed by atoms with van der Waals surface area (Å²) < 4.78 is 0. The van der Waals surface area contributed by atoms with Crippen LogP contribution in [0.3, 0.4) is 0 Å². The number of halogens is 1. The predicted octanol–water partition coefficient (Wildman–Crippen LogP) is 2.43. The van der Waals surface area contributed by atoms with E-state index in [4.69, 9.17) is 11.6 Å². The number of benzene rings is 1. The van der Waals surface area contributed by atoms with Gasteiger partial charge in [0.15, 0.2) is 0 Å². The third-order valence-corrected chi connectivity index (χ3v) is 5.49. The van der Waals surface area contributed by atoms with Gasteiger partial charge in [-0.1, -0.05) is 29.8 Å². The smallest absolute Gasteiger partial charge is 0.222 e. The number of rotatable bonds is 6. The molecule has 2 amide bonds. The van der Waals surface area contributed by atoms with E-state index in [1.165, 1.54) is 0 Å². The number of likely N-dealkylation sites (tertiary alicyclic amines) is 2. The van der Waals surface area contributed by atoms with Gasteiger partial charge >= 0.3 is 0 Å². The van der Waals surface area contributed by atoms with E-state index in [1.54, 1.807) is 0 Å². The molecule has 25 heavy (non-hydrogen) atoms. The van der Waals surface area contributed by atoms with Crippen LogP contribution in [-0.2, 0) is 16.1 Å². The fourth-order valence-corrected chi connectivity index (χ4v) is 3.93. The molecule has 1 N–H and O–H groups in total. The SMILES string of the molecule is O=C(CCN1CCCC(N2CCCC2=O)C1)NCc1ccccc1Cl. The molecule has 2 saturated heterocycles. The monoisotopic (exact) mass is 363 g/mol. The third-order valence-electron chi connectivity index (χ3n) is 5.12. The molecule has 0 aliphatic carbocycles. The average molecular weight is 364 g/mol. The number of hydrogen-bond donors (Lipinski definition) is 1. The molecule has 0 bridgehead atoms. The number of hydrogen-bond acceptors (Lipinski definition) is 3. The van der Waals surface area contributed by atoms with Crippen molar-refractivity contribution in [3.8, 4) is 0 Å². The van der Waals surface area contributed by atoms with E-state index in [0.29, 0.717) is 36.4 Å². The van der Waals surface area contributed by atoms with Gasteiger partial charge in [-0.25, -0.2) is 0 Å². The van der Waals surface area contributed by atoms with E-state index >= 15 is 0 Å². The molecule has 1 aromatic rings. The second kappa shape index (κ2) is 8.68. The van der Waals surface area contributed by atoms with Crippen molar-refractivity contribution in [2.45, 2.75) is 44.7 Å². The summed E-state index contributed by atoms with van der Waals surface area (Å²) in [6, 6.07) is 7.88. The number of amides is 2. The largest absolute Gasteiger partial charge is 0.352 e. The van der Waals surface area contributed by atoms with Gasteiger partial charge in [-0.15, -0.1) is 0 Å². The molecule has 2 aliphatic heterocycles. The van der Waals surface area contributed by atoms with Crippen LogP contribution in [0.2, 0.25) is 5.02 Å². The first-order valence-corrected chi connectivity index (χ1v) is 9.53. The van der Waals surface area contributed by atoms with Crippen molar-refractivity contribution in [3.05, 3.63) is 34.9 Å². The Bertz CT molecular complexity index is 622. The Balaban J connectivity index is 1.41. The van der Waals surface area contributed by atoms with Crippen molar-refractivity contribution in [3.63, 3.8) is 0 Å². The predicted molar refractivity (Wildman–Crippen MR) is 98.3 cm³/mol. The van der Waals surface area contributed by atoms with Crippen LogP contribution in [-0.4, -0.2) is 53.8 Å². The minimum absolute atomic E-state index is 0.0410. The highest BCUT2D eigenvalue weighted by molar-refractivity contribution is 6.31. The van der Waals surface area contributed by atoms with Crippen LogP contribution in [0.5, 0.6) is 0 Å². The Labute approximate surface area is 154 Å². The lowest BCUT2D eigenvalue weighted by Crippen LogP contribution is -2.49. The highest BCUT2D eigenvalue weighted by atomic mass is 35.5. The first kappa shape index (κ1) is 18.2. The molecule has 2 heterocycles. The summed E-state index contributed by atoms with van der Waals surface area (Å²) in [5.41, 5.74) is 0.933. The van der Waals surface area contributed by atoms with Crippen molar-refractivity contribution in [2.75, 3.05) is 26.2 Å². The van der Waals surface area contributed by atoms with Gasteiger partial charge in [0, 0.05) is 50.1 Å². The number of nitrogens with one attached hydrogen (secondary N) is 1. The van der Waals surface area contributed by atoms with Crippen LogP contribution in [0.25, 0.3) is 0 Å². The Morgan fingerprint density at radius 1 is 1.24 bits per heavy atom. The Kier molecular flexibility index (Phi) is 6.32. The van der Waals surface area contributed by atoms with Crippen LogP contribution in [0.1, 0.15) is 37.7 Å². The zero-order valence-electron chi connectivity index (χ0n) is 14.5. The van der Waals surface area contributed by atoms with Gasteiger partial charge in [0.2, 0.25) is 11.8 Å². The third kappa shape index (κ3) is 4.95. The standard InChI is InChI=1S/C19H26ClN3O2/c20-17-7-2-1-5-15(17)13-21-18(24)9-12-22-10-3-6-16(14-22)23-11-4-8-19(23)25/h1-2,5,7,16H,3-4,6,8-14H2,(H,21,24). The maximum Gasteiger partial charge on any atom is 0.222 e. The van der Waals surface area contributed by atoms with Gasteiger partial charge < -0.3 is 15.1 Å². The maximum absolute atomic E-state index is 12.1. The second-order valence-corrected chi connectivity index (χ2v) is 7.31. The topological polar surface area (TPSA) is 52.7 Å². The molecule has 136 valence electrons. The Morgan fingerprint density at radius 3 is 2.84 bits per heavy atom. The minimum atomic E-state index is 0.0410. The Morgan fingerprint density at radius 2 is 2.08 bits per heavy atom. The van der Waals surface area contributed by atoms with E-state index in [2.05, 4.69) is 10.2 Å². The van der Waals surface area contributed by atoms with Crippen LogP contribution in [0, 0.1) is 0 Å². The summed E-state index contributed by atoms with van der Waals surface area (Å²) in [7, 11) is 0. The molecule has 1 aromatic carbocycles. The molecule has 0 radical (unpaired) electrons. The molecule has 1 atom stereocenters. The van der Waals surface area contributed by atoms with Crippen molar-refractivity contribution in [2.24, 2.45) is 0 Å². The summed E-state index contributed by atoms with van der Waals surface area (Å²) in [5.74, 6) is 0.337. The number of carbonyl (C=O) groups excluding carboxylic acids is 2. The Hall–Kier alpha value is -1.59. The molecule has 3 rings (SSSR count). The summed E-state index contributed by atoms with van der Waals surface area (Å²) in [6.07, 6.45) is 4.34. The van der Waals surface area contributed by atoms with Gasteiger partial charge in [-0.2, -0.15) is 0 Å². The molecule has 0 spiro atoms. The summed E-state index contributed by atoms with van der Waals surface area (Å²) >= 11 is 6.10. The van der Waals surface area contributed by atoms with Crippen molar-refractivity contribution < 1.29 is 9.59 Å². The van der Waals surface area contributed by atoms with Crippen LogP contribution in [0.4, 0.5) is 0 Å². The average Bonchev–Trinajstić information content (AvgIpc) is 3.05. The summed E-state index contributed by atoms with van der Waals surface area (Å²) in [5, 5.41) is 3.62. The van der Waals surface area contributed by atoms with E-state index < -0.39 is 0 Å². The first-order valence-electron chi connectivity index (χ1n) is 9.15. The van der Waals surface area contributed by atoms with Crippen molar-refractivity contribution in [1.82, 2.24) is 15.1 Å². The second-order valence-electron chi connectivity index (χ2n) is 6.91. The fourth-order valence-electron chi connectivity index (χ4n) is 3.73. The zero-order chi connectivity index (χ0) is 17.6. The van der Waals surface area contributed by atoms with Gasteiger partial charge in [-0.05, 0) is 37.4 Å². The van der Waals surface area contributed by atoms with Crippen molar-refractivity contribution in [1.29, 1.82) is 0 Å². The van der Waals surface area contributed by atoms with Gasteiger partial charge in [0.1, 0.15) is 0 Å². The molecule has 5 nitrogen and oxygen atoms in total. The highest BCUT2D eigenvalue weighted by Crippen LogP contribution is 2.21. The van der Waals surface area contributed by atoms with E-state index in [-0.39, 0.29) is 5.91 Å². The molecule has 6 heteroatoms. The van der Waals surface area contributed by atoms with E-state index in [0.717, 1.165) is 51.0 Å². The molecular weight excluding hydrogens is 338 g/mol. The molecule has 2 aliphatic rings. The summed E-state index contributed by atoms with van der Waals surface area (Å²) in [6.45, 7) is 4.01. The zero-order valence-corrected chi connectivity index (χ0v) is 15.3. The molecule has 2 fully saturated rings. The minimum Gasteiger partial charge on any atom is -0.352 e. The van der Waals surface area contributed by atoms with Crippen LogP contribution >= 0.6 is 11.6 Å². The maximum atomic E-state index is 12.1. The van der Waals surface area contributed by atoms with Gasteiger partial charge in [0.05, 0.1) is 0 Å². The molecule has 0 saturated carbocycles. The van der Waals surface area contributed by atoms with Crippen LogP contribution < -0.4 is 5.32 Å². The van der Waals surface area contributed by atoms with Crippen molar-refractivity contribution >= 4 is 23.4 Å². The summed E-state index contributed by atoms with van der Waals surface area (Å²) in [4.78, 5) is 28.4. The highest BCUT2D eigenvalue weighted by Gasteiger charge is 2.31. The number of piperidine rings is 1. The fraction of sp³-hybridized carbons (Fsp3) is 0.579.